The quantitative estimate of drug-likeness (QED) is 0.905. The maximum atomic E-state index is 12.6. The van der Waals surface area contributed by atoms with E-state index >= 15 is 0 Å². The second-order valence-corrected chi connectivity index (χ2v) is 5.23. The third-order valence-electron chi connectivity index (χ3n) is 3.58. The molecule has 7 heteroatoms. The van der Waals surface area contributed by atoms with Gasteiger partial charge in [-0.05, 0) is 36.4 Å². The Morgan fingerprint density at radius 1 is 1.08 bits per heavy atom. The number of carbonyl (C=O) groups excluding carboxylic acids is 1. The van der Waals surface area contributed by atoms with E-state index in [0.717, 1.165) is 36.4 Å². The summed E-state index contributed by atoms with van der Waals surface area (Å²) in [5.41, 5.74) is 0.661. The molecule has 1 heterocycles. The van der Waals surface area contributed by atoms with E-state index in [1.54, 1.807) is 12.1 Å². The first-order valence-corrected chi connectivity index (χ1v) is 7.31. The molecule has 0 saturated carbocycles. The van der Waals surface area contributed by atoms with E-state index in [-0.39, 0.29) is 5.56 Å². The van der Waals surface area contributed by atoms with Gasteiger partial charge < -0.3 is 10.6 Å². The molecule has 0 saturated heterocycles. The number of amides is 1. The van der Waals surface area contributed by atoms with Crippen LogP contribution in [0.4, 0.5) is 18.9 Å². The van der Waals surface area contributed by atoms with Crippen LogP contribution in [0.5, 0.6) is 0 Å². The predicted octanol–water partition coefficient (Wildman–Crippen LogP) is 3.31. The van der Waals surface area contributed by atoms with Crippen molar-refractivity contribution >= 4 is 17.4 Å². The van der Waals surface area contributed by atoms with E-state index in [0.29, 0.717) is 18.1 Å². The van der Waals surface area contributed by atoms with E-state index in [2.05, 4.69) is 15.6 Å². The number of nitrogens with one attached hydrogen (secondary N) is 2. The van der Waals surface area contributed by atoms with Crippen molar-refractivity contribution in [1.29, 1.82) is 0 Å². The molecule has 4 nitrogen and oxygen atoms in total. The second kappa shape index (κ2) is 6.35. The Morgan fingerprint density at radius 2 is 1.79 bits per heavy atom. The van der Waals surface area contributed by atoms with Gasteiger partial charge in [-0.15, -0.1) is 0 Å². The van der Waals surface area contributed by atoms with E-state index in [1.807, 2.05) is 12.1 Å². The van der Waals surface area contributed by atoms with Gasteiger partial charge in [0, 0.05) is 17.7 Å². The minimum Gasteiger partial charge on any atom is -0.368 e. The maximum absolute atomic E-state index is 12.6. The topological polar surface area (TPSA) is 53.5 Å². The van der Waals surface area contributed by atoms with Crippen molar-refractivity contribution in [3.05, 3.63) is 65.2 Å². The molecule has 0 unspecified atom stereocenters. The van der Waals surface area contributed by atoms with Crippen molar-refractivity contribution in [2.24, 2.45) is 4.99 Å². The zero-order valence-electron chi connectivity index (χ0n) is 12.5. The van der Waals surface area contributed by atoms with E-state index in [1.165, 1.54) is 0 Å². The minimum absolute atomic E-state index is 0.152. The zero-order valence-corrected chi connectivity index (χ0v) is 12.5. The van der Waals surface area contributed by atoms with Gasteiger partial charge in [-0.1, -0.05) is 12.1 Å². The first kappa shape index (κ1) is 16.0. The summed E-state index contributed by atoms with van der Waals surface area (Å²) in [5.74, 6) is 0.216. The molecule has 3 rings (SSSR count). The van der Waals surface area contributed by atoms with Gasteiger partial charge in [-0.25, -0.2) is 0 Å². The highest BCUT2D eigenvalue weighted by molar-refractivity contribution is 6.10. The number of hydrogen-bond acceptors (Lipinski definition) is 3. The molecule has 0 radical (unpaired) electrons. The SMILES string of the molecule is O=C(Nc1ccccc1C1=NCCN1)c1ccc(C(F)(F)F)cc1. The van der Waals surface area contributed by atoms with Crippen molar-refractivity contribution in [1.82, 2.24) is 5.32 Å². The van der Waals surface area contributed by atoms with Crippen molar-refractivity contribution in [3.8, 4) is 0 Å². The molecule has 1 amide bonds. The fourth-order valence-electron chi connectivity index (χ4n) is 2.38. The Hall–Kier alpha value is -2.83. The first-order valence-electron chi connectivity index (χ1n) is 7.31. The van der Waals surface area contributed by atoms with Gasteiger partial charge in [-0.2, -0.15) is 13.2 Å². The smallest absolute Gasteiger partial charge is 0.368 e. The molecule has 124 valence electrons. The van der Waals surface area contributed by atoms with Gasteiger partial charge in [0.2, 0.25) is 0 Å². The molecule has 1 aliphatic rings. The number of rotatable bonds is 3. The summed E-state index contributed by atoms with van der Waals surface area (Å²) in [6.07, 6.45) is -4.42. The molecule has 2 aromatic rings. The summed E-state index contributed by atoms with van der Waals surface area (Å²) in [7, 11) is 0. The van der Waals surface area contributed by atoms with Crippen LogP contribution < -0.4 is 10.6 Å². The standard InChI is InChI=1S/C17H14F3N3O/c18-17(19,20)12-7-5-11(6-8-12)16(24)23-14-4-2-1-3-13(14)15-21-9-10-22-15/h1-8H,9-10H2,(H,21,22)(H,23,24). The largest absolute Gasteiger partial charge is 0.416 e. The van der Waals surface area contributed by atoms with Gasteiger partial charge in [0.1, 0.15) is 5.84 Å². The number of para-hydroxylation sites is 1. The predicted molar refractivity (Wildman–Crippen MR) is 85.2 cm³/mol. The fourth-order valence-corrected chi connectivity index (χ4v) is 2.38. The van der Waals surface area contributed by atoms with Gasteiger partial charge in [-0.3, -0.25) is 9.79 Å². The lowest BCUT2D eigenvalue weighted by Gasteiger charge is -2.12. The lowest BCUT2D eigenvalue weighted by molar-refractivity contribution is -0.137. The second-order valence-electron chi connectivity index (χ2n) is 5.23. The average Bonchev–Trinajstić information content (AvgIpc) is 3.09. The Bertz CT molecular complexity index is 782. The first-order chi connectivity index (χ1) is 11.4. The number of anilines is 1. The van der Waals surface area contributed by atoms with Crippen molar-refractivity contribution in [2.45, 2.75) is 6.18 Å². The van der Waals surface area contributed by atoms with Gasteiger partial charge in [0.05, 0.1) is 17.8 Å². The molecule has 0 atom stereocenters. The maximum Gasteiger partial charge on any atom is 0.416 e. The van der Waals surface area contributed by atoms with Crippen LogP contribution in [0.15, 0.2) is 53.5 Å². The Balaban J connectivity index is 1.80. The molecular formula is C17H14F3N3O. The molecule has 1 aliphatic heterocycles. The third-order valence-corrected chi connectivity index (χ3v) is 3.58. The van der Waals surface area contributed by atoms with Gasteiger partial charge in [0.15, 0.2) is 0 Å². The Morgan fingerprint density at radius 3 is 2.42 bits per heavy atom. The summed E-state index contributed by atoms with van der Waals surface area (Å²) in [6, 6.07) is 11.2. The molecule has 0 aliphatic carbocycles. The van der Waals surface area contributed by atoms with Crippen LogP contribution >= 0.6 is 0 Å². The normalized spacial score (nSPS) is 14.0. The number of hydrogen-bond donors (Lipinski definition) is 2. The average molecular weight is 333 g/mol. The molecule has 24 heavy (non-hydrogen) atoms. The lowest BCUT2D eigenvalue weighted by atomic mass is 10.1. The minimum atomic E-state index is -4.42. The molecular weight excluding hydrogens is 319 g/mol. The van der Waals surface area contributed by atoms with Crippen molar-refractivity contribution < 1.29 is 18.0 Å². The van der Waals surface area contributed by atoms with E-state index in [9.17, 15) is 18.0 Å². The summed E-state index contributed by atoms with van der Waals surface area (Å²) in [4.78, 5) is 16.6. The third kappa shape index (κ3) is 3.40. The van der Waals surface area contributed by atoms with Crippen LogP contribution in [0.1, 0.15) is 21.5 Å². The van der Waals surface area contributed by atoms with Crippen LogP contribution in [-0.4, -0.2) is 24.8 Å². The Kier molecular flexibility index (Phi) is 4.24. The van der Waals surface area contributed by atoms with Gasteiger partial charge in [0.25, 0.3) is 5.91 Å². The lowest BCUT2D eigenvalue weighted by Crippen LogP contribution is -2.22. The number of halogens is 3. The Labute approximate surface area is 136 Å². The van der Waals surface area contributed by atoms with Crippen LogP contribution in [0.3, 0.4) is 0 Å². The molecule has 2 aromatic carbocycles. The number of alkyl halides is 3. The highest BCUT2D eigenvalue weighted by atomic mass is 19.4. The van der Waals surface area contributed by atoms with Crippen LogP contribution in [0.2, 0.25) is 0 Å². The molecule has 2 N–H and O–H groups in total. The highest BCUT2D eigenvalue weighted by Gasteiger charge is 2.30. The molecule has 0 bridgehead atoms. The number of amidine groups is 1. The van der Waals surface area contributed by atoms with Crippen LogP contribution in [-0.2, 0) is 6.18 Å². The monoisotopic (exact) mass is 333 g/mol. The van der Waals surface area contributed by atoms with Crippen LogP contribution in [0.25, 0.3) is 0 Å². The molecule has 0 spiro atoms. The number of nitrogens with zero attached hydrogens (tertiary/aromatic N) is 1. The summed E-state index contributed by atoms with van der Waals surface area (Å²) in [6.45, 7) is 1.40. The summed E-state index contributed by atoms with van der Waals surface area (Å²) in [5, 5.41) is 5.84. The van der Waals surface area contributed by atoms with Crippen molar-refractivity contribution in [3.63, 3.8) is 0 Å². The zero-order chi connectivity index (χ0) is 17.2. The van der Waals surface area contributed by atoms with Gasteiger partial charge >= 0.3 is 6.18 Å². The molecule has 0 aromatic heterocycles. The van der Waals surface area contributed by atoms with E-state index in [4.69, 9.17) is 0 Å². The highest BCUT2D eigenvalue weighted by Crippen LogP contribution is 2.29. The number of carbonyl (C=O) groups is 1. The summed E-state index contributed by atoms with van der Waals surface area (Å²) >= 11 is 0. The molecule has 0 fully saturated rings. The fraction of sp³-hybridized carbons (Fsp3) is 0.176. The summed E-state index contributed by atoms with van der Waals surface area (Å²) < 4.78 is 37.7. The number of aliphatic imine (C=N–C) groups is 1. The number of benzene rings is 2. The van der Waals surface area contributed by atoms with Crippen molar-refractivity contribution in [2.75, 3.05) is 18.4 Å². The van der Waals surface area contributed by atoms with Crippen LogP contribution in [0, 0.1) is 0 Å². The van der Waals surface area contributed by atoms with E-state index < -0.39 is 17.6 Å².